The lowest BCUT2D eigenvalue weighted by Gasteiger charge is -2.20. The Balaban J connectivity index is 2.12. The van der Waals surface area contributed by atoms with Gasteiger partial charge in [-0.2, -0.15) is 0 Å². The summed E-state index contributed by atoms with van der Waals surface area (Å²) >= 11 is 4.82. The highest BCUT2D eigenvalue weighted by Crippen LogP contribution is 2.38. The molecule has 92 valence electrons. The molecule has 0 aromatic heterocycles. The molecule has 0 heterocycles. The van der Waals surface area contributed by atoms with Gasteiger partial charge in [-0.15, -0.1) is 0 Å². The van der Waals surface area contributed by atoms with Gasteiger partial charge >= 0.3 is 0 Å². The van der Waals surface area contributed by atoms with Crippen LogP contribution in [0.4, 0.5) is 10.1 Å². The van der Waals surface area contributed by atoms with Gasteiger partial charge in [0.05, 0.1) is 5.69 Å². The van der Waals surface area contributed by atoms with Crippen LogP contribution in [-0.2, 0) is 0 Å². The van der Waals surface area contributed by atoms with Crippen molar-refractivity contribution in [1.82, 2.24) is 0 Å². The van der Waals surface area contributed by atoms with Gasteiger partial charge in [-0.25, -0.2) is 4.39 Å². The van der Waals surface area contributed by atoms with Gasteiger partial charge in [0.25, 0.3) is 0 Å². The summed E-state index contributed by atoms with van der Waals surface area (Å²) in [6.07, 6.45) is 1.25. The van der Waals surface area contributed by atoms with Crippen LogP contribution >= 0.6 is 12.2 Å². The standard InChI is InChI=1S/C13H17FN2S/c1-8-5-10(8)7-16(2)12-4-3-9(13(15)17)6-11(12)14/h3-4,6,8,10H,5,7H2,1-2H3,(H2,15,17). The molecule has 0 spiro atoms. The lowest BCUT2D eigenvalue weighted by Crippen LogP contribution is -2.22. The first-order valence-corrected chi connectivity index (χ1v) is 6.20. The second-order valence-corrected chi connectivity index (χ2v) is 5.32. The van der Waals surface area contributed by atoms with Crippen molar-refractivity contribution in [2.45, 2.75) is 13.3 Å². The molecule has 0 bridgehead atoms. The quantitative estimate of drug-likeness (QED) is 0.835. The summed E-state index contributed by atoms with van der Waals surface area (Å²) in [6.45, 7) is 3.13. The van der Waals surface area contributed by atoms with Crippen LogP contribution < -0.4 is 10.6 Å². The Morgan fingerprint density at radius 1 is 1.59 bits per heavy atom. The van der Waals surface area contributed by atoms with Crippen LogP contribution in [0.5, 0.6) is 0 Å². The number of anilines is 1. The lowest BCUT2D eigenvalue weighted by molar-refractivity contribution is 0.616. The minimum atomic E-state index is -0.258. The summed E-state index contributed by atoms with van der Waals surface area (Å²) in [5.41, 5.74) is 6.66. The third-order valence-electron chi connectivity index (χ3n) is 3.43. The van der Waals surface area contributed by atoms with E-state index in [4.69, 9.17) is 18.0 Å². The Morgan fingerprint density at radius 3 is 2.71 bits per heavy atom. The number of nitrogens with two attached hydrogens (primary N) is 1. The Labute approximate surface area is 107 Å². The second-order valence-electron chi connectivity index (χ2n) is 4.88. The summed E-state index contributed by atoms with van der Waals surface area (Å²) in [6, 6.07) is 4.93. The molecule has 2 N–H and O–H groups in total. The number of thiocarbonyl (C=S) groups is 1. The van der Waals surface area contributed by atoms with Crippen molar-refractivity contribution >= 4 is 22.9 Å². The lowest BCUT2D eigenvalue weighted by atomic mass is 10.2. The van der Waals surface area contributed by atoms with Crippen molar-refractivity contribution in [3.8, 4) is 0 Å². The number of hydrogen-bond acceptors (Lipinski definition) is 2. The molecule has 1 aromatic carbocycles. The maximum absolute atomic E-state index is 13.9. The number of nitrogens with zero attached hydrogens (tertiary/aromatic N) is 1. The summed E-state index contributed by atoms with van der Waals surface area (Å²) < 4.78 is 13.9. The Hall–Kier alpha value is -1.16. The predicted molar refractivity (Wildman–Crippen MR) is 72.8 cm³/mol. The highest BCUT2D eigenvalue weighted by atomic mass is 32.1. The molecule has 2 atom stereocenters. The van der Waals surface area contributed by atoms with Crippen molar-refractivity contribution in [2.75, 3.05) is 18.5 Å². The molecule has 0 saturated heterocycles. The maximum atomic E-state index is 13.9. The molecule has 17 heavy (non-hydrogen) atoms. The topological polar surface area (TPSA) is 29.3 Å². The molecule has 2 nitrogen and oxygen atoms in total. The van der Waals surface area contributed by atoms with Crippen LogP contribution in [0.2, 0.25) is 0 Å². The van der Waals surface area contributed by atoms with Gasteiger partial charge in [-0.1, -0.05) is 19.1 Å². The molecule has 2 rings (SSSR count). The summed E-state index contributed by atoms with van der Waals surface area (Å²) in [5.74, 6) is 1.22. The summed E-state index contributed by atoms with van der Waals surface area (Å²) in [7, 11) is 1.92. The number of benzene rings is 1. The molecule has 4 heteroatoms. The molecule has 2 unspecified atom stereocenters. The van der Waals surface area contributed by atoms with E-state index in [1.807, 2.05) is 11.9 Å². The Morgan fingerprint density at radius 2 is 2.24 bits per heavy atom. The van der Waals surface area contributed by atoms with Crippen LogP contribution in [0.15, 0.2) is 18.2 Å². The fourth-order valence-electron chi connectivity index (χ4n) is 2.07. The zero-order chi connectivity index (χ0) is 12.6. The van der Waals surface area contributed by atoms with E-state index < -0.39 is 0 Å². The normalized spacial score (nSPS) is 22.3. The average molecular weight is 252 g/mol. The SMILES string of the molecule is CC1CC1CN(C)c1ccc(C(N)=S)cc1F. The van der Waals surface area contributed by atoms with Crippen molar-refractivity contribution in [3.63, 3.8) is 0 Å². The van der Waals surface area contributed by atoms with Crippen LogP contribution in [0, 0.1) is 17.7 Å². The Bertz CT molecular complexity index is 447. The van der Waals surface area contributed by atoms with Gasteiger partial charge in [0, 0.05) is 19.2 Å². The molecule has 1 aromatic rings. The third kappa shape index (κ3) is 2.75. The van der Waals surface area contributed by atoms with E-state index in [0.29, 0.717) is 17.2 Å². The molecule has 1 saturated carbocycles. The molecule has 1 aliphatic carbocycles. The van der Waals surface area contributed by atoms with Crippen molar-refractivity contribution in [1.29, 1.82) is 0 Å². The fourth-order valence-corrected chi connectivity index (χ4v) is 2.20. The largest absolute Gasteiger partial charge is 0.389 e. The molecule has 1 aliphatic rings. The number of hydrogen-bond donors (Lipinski definition) is 1. The van der Waals surface area contributed by atoms with Gasteiger partial charge in [-0.3, -0.25) is 0 Å². The van der Waals surface area contributed by atoms with E-state index in [-0.39, 0.29) is 10.8 Å². The number of halogens is 1. The van der Waals surface area contributed by atoms with Crippen molar-refractivity contribution in [3.05, 3.63) is 29.6 Å². The van der Waals surface area contributed by atoms with Gasteiger partial charge < -0.3 is 10.6 Å². The summed E-state index contributed by atoms with van der Waals surface area (Å²) in [4.78, 5) is 2.20. The molecular formula is C13H17FN2S. The molecule has 1 fully saturated rings. The van der Waals surface area contributed by atoms with Crippen molar-refractivity contribution < 1.29 is 4.39 Å². The minimum absolute atomic E-state index is 0.230. The van der Waals surface area contributed by atoms with Crippen LogP contribution in [0.3, 0.4) is 0 Å². The highest BCUT2D eigenvalue weighted by molar-refractivity contribution is 7.80. The van der Waals surface area contributed by atoms with E-state index in [0.717, 1.165) is 12.5 Å². The first kappa shape index (κ1) is 12.3. The third-order valence-corrected chi connectivity index (χ3v) is 3.66. The van der Waals surface area contributed by atoms with E-state index in [9.17, 15) is 4.39 Å². The second kappa shape index (κ2) is 4.61. The molecule has 0 aliphatic heterocycles. The first-order chi connectivity index (χ1) is 7.99. The smallest absolute Gasteiger partial charge is 0.147 e. The Kier molecular flexibility index (Phi) is 3.33. The monoisotopic (exact) mass is 252 g/mol. The maximum Gasteiger partial charge on any atom is 0.147 e. The van der Waals surface area contributed by atoms with Gasteiger partial charge in [-0.05, 0) is 36.5 Å². The van der Waals surface area contributed by atoms with Gasteiger partial charge in [0.1, 0.15) is 10.8 Å². The van der Waals surface area contributed by atoms with E-state index in [1.165, 1.54) is 12.5 Å². The fraction of sp³-hybridized carbons (Fsp3) is 0.462. The zero-order valence-corrected chi connectivity index (χ0v) is 10.9. The van der Waals surface area contributed by atoms with Gasteiger partial charge in [0.15, 0.2) is 0 Å². The van der Waals surface area contributed by atoms with E-state index in [2.05, 4.69) is 6.92 Å². The summed E-state index contributed by atoms with van der Waals surface area (Å²) in [5, 5.41) is 0. The molecule has 0 radical (unpaired) electrons. The van der Waals surface area contributed by atoms with Crippen LogP contribution in [0.1, 0.15) is 18.9 Å². The molecule has 0 amide bonds. The highest BCUT2D eigenvalue weighted by Gasteiger charge is 2.33. The van der Waals surface area contributed by atoms with Crippen molar-refractivity contribution in [2.24, 2.45) is 17.6 Å². The van der Waals surface area contributed by atoms with Crippen LogP contribution in [-0.4, -0.2) is 18.6 Å². The molecular weight excluding hydrogens is 235 g/mol. The zero-order valence-electron chi connectivity index (χ0n) is 10.1. The number of rotatable bonds is 4. The average Bonchev–Trinajstić information content (AvgIpc) is 2.93. The predicted octanol–water partition coefficient (Wildman–Crippen LogP) is 2.55. The first-order valence-electron chi connectivity index (χ1n) is 5.79. The van der Waals surface area contributed by atoms with E-state index in [1.54, 1.807) is 12.1 Å². The van der Waals surface area contributed by atoms with Crippen LogP contribution in [0.25, 0.3) is 0 Å². The van der Waals surface area contributed by atoms with E-state index >= 15 is 0 Å². The van der Waals surface area contributed by atoms with Gasteiger partial charge in [0.2, 0.25) is 0 Å². The minimum Gasteiger partial charge on any atom is -0.389 e.